The summed E-state index contributed by atoms with van der Waals surface area (Å²) in [4.78, 5) is 8.24. The fourth-order valence-corrected chi connectivity index (χ4v) is 4.65. The summed E-state index contributed by atoms with van der Waals surface area (Å²) in [6.45, 7) is 4.78. The number of hydrogen-bond donors (Lipinski definition) is 3. The van der Waals surface area contributed by atoms with Gasteiger partial charge >= 0.3 is 0 Å². The Balaban J connectivity index is 1.52. The molecule has 1 unspecified atom stereocenters. The van der Waals surface area contributed by atoms with E-state index in [9.17, 15) is 0 Å². The van der Waals surface area contributed by atoms with Crippen molar-refractivity contribution in [3.05, 3.63) is 23.9 Å². The maximum atomic E-state index is 5.50. The Bertz CT molecular complexity index is 784. The molecular weight excluding hydrogens is 372 g/mol. The molecule has 2 heterocycles. The van der Waals surface area contributed by atoms with Crippen LogP contribution in [0.1, 0.15) is 31.9 Å². The zero-order valence-electron chi connectivity index (χ0n) is 17.1. The maximum Gasteiger partial charge on any atom is 0.191 e. The van der Waals surface area contributed by atoms with Crippen LogP contribution >= 0.6 is 11.8 Å². The van der Waals surface area contributed by atoms with Crippen LogP contribution in [-0.2, 0) is 6.42 Å². The molecule has 2 aromatic rings. The third-order valence-electron chi connectivity index (χ3n) is 4.92. The molecule has 0 saturated carbocycles. The van der Waals surface area contributed by atoms with Crippen molar-refractivity contribution in [2.24, 2.45) is 4.99 Å². The Hall–Kier alpha value is -2.02. The van der Waals surface area contributed by atoms with Crippen molar-refractivity contribution < 1.29 is 9.47 Å². The lowest BCUT2D eigenvalue weighted by molar-refractivity contribution is 0.398. The minimum Gasteiger partial charge on any atom is -0.497 e. The fourth-order valence-electron chi connectivity index (χ4n) is 3.47. The van der Waals surface area contributed by atoms with Gasteiger partial charge in [0.2, 0.25) is 0 Å². The molecule has 1 fully saturated rings. The van der Waals surface area contributed by atoms with Gasteiger partial charge in [0.05, 0.1) is 26.3 Å². The van der Waals surface area contributed by atoms with Crippen LogP contribution in [-0.4, -0.2) is 55.8 Å². The predicted molar refractivity (Wildman–Crippen MR) is 119 cm³/mol. The van der Waals surface area contributed by atoms with E-state index >= 15 is 0 Å². The normalized spacial score (nSPS) is 17.1. The molecule has 1 saturated heterocycles. The van der Waals surface area contributed by atoms with E-state index in [2.05, 4.69) is 28.6 Å². The minimum absolute atomic E-state index is 0.689. The van der Waals surface area contributed by atoms with Gasteiger partial charge in [0.15, 0.2) is 5.96 Å². The van der Waals surface area contributed by atoms with Crippen molar-refractivity contribution >= 4 is 28.6 Å². The summed E-state index contributed by atoms with van der Waals surface area (Å²) >= 11 is 2.05. The molecule has 3 N–H and O–H groups in total. The third-order valence-corrected chi connectivity index (χ3v) is 6.30. The summed E-state index contributed by atoms with van der Waals surface area (Å²) < 4.78 is 10.8. The summed E-state index contributed by atoms with van der Waals surface area (Å²) in [6, 6.07) is 6.10. The molecule has 28 heavy (non-hydrogen) atoms. The molecule has 0 radical (unpaired) electrons. The van der Waals surface area contributed by atoms with Crippen LogP contribution in [0.15, 0.2) is 23.2 Å². The zero-order valence-corrected chi connectivity index (χ0v) is 18.0. The number of aryl methyl sites for hydroxylation is 1. The van der Waals surface area contributed by atoms with Crippen molar-refractivity contribution in [2.45, 2.75) is 37.9 Å². The van der Waals surface area contributed by atoms with E-state index < -0.39 is 0 Å². The highest BCUT2D eigenvalue weighted by Crippen LogP contribution is 2.31. The largest absolute Gasteiger partial charge is 0.497 e. The van der Waals surface area contributed by atoms with Gasteiger partial charge in [-0.15, -0.1) is 0 Å². The quantitative estimate of drug-likeness (QED) is 0.339. The molecule has 0 aliphatic carbocycles. The summed E-state index contributed by atoms with van der Waals surface area (Å²) in [5.74, 6) is 3.84. The average Bonchev–Trinajstić information content (AvgIpc) is 3.37. The number of fused-ring (bicyclic) bond motifs is 1. The van der Waals surface area contributed by atoms with Crippen LogP contribution in [0.3, 0.4) is 0 Å². The van der Waals surface area contributed by atoms with Crippen LogP contribution in [0.25, 0.3) is 10.9 Å². The maximum absolute atomic E-state index is 5.50. The van der Waals surface area contributed by atoms with E-state index in [0.29, 0.717) is 5.25 Å². The molecule has 154 valence electrons. The third kappa shape index (κ3) is 5.50. The number of aliphatic imine (C=N–C) groups is 1. The Labute approximate surface area is 171 Å². The number of thioether (sulfide) groups is 1. The highest BCUT2D eigenvalue weighted by atomic mass is 32.2. The highest BCUT2D eigenvalue weighted by Gasteiger charge is 2.15. The number of ether oxygens (including phenoxy) is 2. The van der Waals surface area contributed by atoms with Crippen LogP contribution in [0, 0.1) is 0 Å². The van der Waals surface area contributed by atoms with Gasteiger partial charge in [-0.1, -0.05) is 0 Å². The molecule has 1 aromatic heterocycles. The summed E-state index contributed by atoms with van der Waals surface area (Å²) in [6.07, 6.45) is 4.61. The van der Waals surface area contributed by atoms with E-state index in [0.717, 1.165) is 60.8 Å². The lowest BCUT2D eigenvalue weighted by Crippen LogP contribution is -2.38. The molecule has 1 atom stereocenters. The monoisotopic (exact) mass is 404 g/mol. The number of H-pyrrole nitrogens is 1. The van der Waals surface area contributed by atoms with Crippen molar-refractivity contribution in [3.63, 3.8) is 0 Å². The van der Waals surface area contributed by atoms with Crippen molar-refractivity contribution in [3.8, 4) is 11.5 Å². The SMILES string of the molecule is CCNC(=NCC1CCCS1)NCCCc1cc2c(OC)cc(OC)cc2[nH]1. The Morgan fingerprint density at radius 2 is 2.14 bits per heavy atom. The van der Waals surface area contributed by atoms with E-state index in [1.165, 1.54) is 24.3 Å². The number of rotatable bonds is 9. The number of aromatic nitrogens is 1. The van der Waals surface area contributed by atoms with Gasteiger partial charge in [-0.3, -0.25) is 4.99 Å². The standard InChI is InChI=1S/C21H32N4O2S/c1-4-22-21(24-14-17-8-6-10-28-17)23-9-5-7-15-11-18-19(25-15)12-16(26-2)13-20(18)27-3/h11-13,17,25H,4-10,14H2,1-3H3,(H2,22,23,24). The Kier molecular flexibility index (Phi) is 7.77. The van der Waals surface area contributed by atoms with Gasteiger partial charge in [-0.2, -0.15) is 11.8 Å². The van der Waals surface area contributed by atoms with Gasteiger partial charge in [0.25, 0.3) is 0 Å². The topological polar surface area (TPSA) is 70.7 Å². The Morgan fingerprint density at radius 3 is 2.86 bits per heavy atom. The van der Waals surface area contributed by atoms with E-state index in [-0.39, 0.29) is 0 Å². The number of guanidine groups is 1. The molecule has 1 aliphatic rings. The molecule has 3 rings (SSSR count). The van der Waals surface area contributed by atoms with Crippen molar-refractivity contribution in [1.29, 1.82) is 0 Å². The first-order chi connectivity index (χ1) is 13.7. The number of nitrogens with one attached hydrogen (secondary N) is 3. The molecule has 1 aliphatic heterocycles. The number of hydrogen-bond acceptors (Lipinski definition) is 4. The molecular formula is C21H32N4O2S. The number of nitrogens with zero attached hydrogens (tertiary/aromatic N) is 1. The second kappa shape index (κ2) is 10.5. The molecule has 7 heteroatoms. The second-order valence-corrected chi connectivity index (χ2v) is 8.38. The smallest absolute Gasteiger partial charge is 0.191 e. The molecule has 0 bridgehead atoms. The molecule has 0 amide bonds. The van der Waals surface area contributed by atoms with Crippen LogP contribution < -0.4 is 20.1 Å². The minimum atomic E-state index is 0.689. The summed E-state index contributed by atoms with van der Waals surface area (Å²) in [5.41, 5.74) is 2.25. The van der Waals surface area contributed by atoms with Gasteiger partial charge in [-0.05, 0) is 44.4 Å². The van der Waals surface area contributed by atoms with Crippen LogP contribution in [0.5, 0.6) is 11.5 Å². The average molecular weight is 405 g/mol. The lowest BCUT2D eigenvalue weighted by atomic mass is 10.2. The first kappa shape index (κ1) is 20.7. The summed E-state index contributed by atoms with van der Waals surface area (Å²) in [7, 11) is 3.36. The molecule has 0 spiro atoms. The van der Waals surface area contributed by atoms with E-state index in [1.54, 1.807) is 14.2 Å². The van der Waals surface area contributed by atoms with Crippen LogP contribution in [0.2, 0.25) is 0 Å². The van der Waals surface area contributed by atoms with Gasteiger partial charge in [0.1, 0.15) is 11.5 Å². The van der Waals surface area contributed by atoms with Crippen LogP contribution in [0.4, 0.5) is 0 Å². The second-order valence-electron chi connectivity index (χ2n) is 6.97. The zero-order chi connectivity index (χ0) is 19.8. The molecule has 1 aromatic carbocycles. The van der Waals surface area contributed by atoms with E-state index in [1.807, 2.05) is 23.9 Å². The summed E-state index contributed by atoms with van der Waals surface area (Å²) in [5, 5.41) is 8.59. The number of methoxy groups -OCH3 is 2. The number of benzene rings is 1. The number of aromatic amines is 1. The first-order valence-electron chi connectivity index (χ1n) is 10.1. The lowest BCUT2D eigenvalue weighted by Gasteiger charge is -2.12. The fraction of sp³-hybridized carbons (Fsp3) is 0.571. The van der Waals surface area contributed by atoms with Crippen molar-refractivity contribution in [1.82, 2.24) is 15.6 Å². The Morgan fingerprint density at radius 1 is 1.25 bits per heavy atom. The van der Waals surface area contributed by atoms with Gasteiger partial charge in [0, 0.05) is 41.6 Å². The van der Waals surface area contributed by atoms with E-state index in [4.69, 9.17) is 14.5 Å². The molecule has 6 nitrogen and oxygen atoms in total. The van der Waals surface area contributed by atoms with Gasteiger partial charge in [-0.25, -0.2) is 0 Å². The highest BCUT2D eigenvalue weighted by molar-refractivity contribution is 8.00. The van der Waals surface area contributed by atoms with Crippen molar-refractivity contribution in [2.75, 3.05) is 39.6 Å². The van der Waals surface area contributed by atoms with Gasteiger partial charge < -0.3 is 25.1 Å². The first-order valence-corrected chi connectivity index (χ1v) is 11.2. The predicted octanol–water partition coefficient (Wildman–Crippen LogP) is 3.57.